The first-order valence-electron chi connectivity index (χ1n) is 8.48. The molecular formula is C18H15F6N5O. The van der Waals surface area contributed by atoms with E-state index in [2.05, 4.69) is 20.4 Å². The normalized spacial score (nSPS) is 13.3. The summed E-state index contributed by atoms with van der Waals surface area (Å²) in [5.41, 5.74) is 1.02. The second kappa shape index (κ2) is 7.94. The molecular weight excluding hydrogens is 416 g/mol. The predicted molar refractivity (Wildman–Crippen MR) is 94.8 cm³/mol. The number of halogens is 6. The van der Waals surface area contributed by atoms with Gasteiger partial charge < -0.3 is 10.4 Å². The third-order valence-corrected chi connectivity index (χ3v) is 3.98. The molecule has 0 unspecified atom stereocenters. The maximum atomic E-state index is 12.8. The number of hydrogen-bond donors (Lipinski definition) is 2. The minimum absolute atomic E-state index is 0.259. The minimum Gasteiger partial charge on any atom is -0.382 e. The zero-order valence-corrected chi connectivity index (χ0v) is 15.3. The molecule has 2 heterocycles. The molecule has 3 rings (SSSR count). The van der Waals surface area contributed by atoms with Crippen molar-refractivity contribution in [2.24, 2.45) is 0 Å². The Kier molecular flexibility index (Phi) is 5.70. The Hall–Kier alpha value is -3.15. The molecule has 0 fully saturated rings. The van der Waals surface area contributed by atoms with Gasteiger partial charge in [0.2, 0.25) is 5.95 Å². The summed E-state index contributed by atoms with van der Waals surface area (Å²) in [7, 11) is 0. The largest absolute Gasteiger partial charge is 0.433 e. The van der Waals surface area contributed by atoms with Crippen molar-refractivity contribution in [1.82, 2.24) is 19.7 Å². The van der Waals surface area contributed by atoms with E-state index in [1.807, 2.05) is 0 Å². The van der Waals surface area contributed by atoms with Crippen LogP contribution >= 0.6 is 0 Å². The first kappa shape index (κ1) is 21.6. The number of alkyl halides is 6. The van der Waals surface area contributed by atoms with Gasteiger partial charge >= 0.3 is 12.4 Å². The van der Waals surface area contributed by atoms with Crippen LogP contribution in [0.25, 0.3) is 11.1 Å². The molecule has 0 aliphatic heterocycles. The number of aliphatic hydroxyl groups is 1. The summed E-state index contributed by atoms with van der Waals surface area (Å²) >= 11 is 0. The number of aliphatic hydroxyl groups excluding tert-OH is 1. The van der Waals surface area contributed by atoms with Crippen LogP contribution in [-0.2, 0) is 12.7 Å². The molecule has 0 spiro atoms. The monoisotopic (exact) mass is 431 g/mol. The number of benzene rings is 1. The van der Waals surface area contributed by atoms with E-state index in [1.165, 1.54) is 12.4 Å². The zero-order valence-electron chi connectivity index (χ0n) is 15.3. The average Bonchev–Trinajstić information content (AvgIpc) is 3.08. The van der Waals surface area contributed by atoms with E-state index in [9.17, 15) is 26.3 Å². The standard InChI is InChI=1S/C18H15F6N5O/c1-10-4-11(12-7-26-29(8-12)9-15(30)18(22,23)24)6-13(5-10)27-16-25-3-2-14(28-16)17(19,20)21/h2-8,15,30H,9H2,1H3,(H,25,27,28)/t15-/m0/s1. The van der Waals surface area contributed by atoms with E-state index >= 15 is 0 Å². The molecule has 6 nitrogen and oxygen atoms in total. The molecule has 0 amide bonds. The Morgan fingerprint density at radius 1 is 1.10 bits per heavy atom. The van der Waals surface area contributed by atoms with Crippen molar-refractivity contribution in [2.75, 3.05) is 5.32 Å². The van der Waals surface area contributed by atoms with Crippen LogP contribution < -0.4 is 5.32 Å². The summed E-state index contributed by atoms with van der Waals surface area (Å²) in [6.45, 7) is 0.970. The molecule has 0 bridgehead atoms. The highest BCUT2D eigenvalue weighted by Crippen LogP contribution is 2.29. The fourth-order valence-electron chi connectivity index (χ4n) is 2.62. The lowest BCUT2D eigenvalue weighted by molar-refractivity contribution is -0.208. The number of nitrogens with one attached hydrogen (secondary N) is 1. The Balaban J connectivity index is 1.83. The van der Waals surface area contributed by atoms with Gasteiger partial charge in [0, 0.05) is 23.6 Å². The van der Waals surface area contributed by atoms with Crippen molar-refractivity contribution >= 4 is 11.6 Å². The Morgan fingerprint density at radius 2 is 1.83 bits per heavy atom. The van der Waals surface area contributed by atoms with Crippen LogP contribution in [0.15, 0.2) is 42.9 Å². The Bertz CT molecular complexity index is 1030. The van der Waals surface area contributed by atoms with E-state index < -0.39 is 30.7 Å². The van der Waals surface area contributed by atoms with Gasteiger partial charge in [-0.1, -0.05) is 6.07 Å². The van der Waals surface area contributed by atoms with Crippen molar-refractivity contribution in [3.63, 3.8) is 0 Å². The van der Waals surface area contributed by atoms with Gasteiger partial charge in [-0.3, -0.25) is 4.68 Å². The lowest BCUT2D eigenvalue weighted by Gasteiger charge is -2.14. The molecule has 160 valence electrons. The van der Waals surface area contributed by atoms with Crippen molar-refractivity contribution in [2.45, 2.75) is 31.9 Å². The molecule has 0 saturated heterocycles. The maximum absolute atomic E-state index is 12.8. The van der Waals surface area contributed by atoms with Crippen LogP contribution in [0.4, 0.5) is 38.0 Å². The lowest BCUT2D eigenvalue weighted by atomic mass is 10.1. The first-order chi connectivity index (χ1) is 13.9. The molecule has 0 aliphatic carbocycles. The topological polar surface area (TPSA) is 75.9 Å². The van der Waals surface area contributed by atoms with Crippen LogP contribution in [0.3, 0.4) is 0 Å². The van der Waals surface area contributed by atoms with Crippen LogP contribution in [0.5, 0.6) is 0 Å². The molecule has 0 aliphatic rings. The third-order valence-electron chi connectivity index (χ3n) is 3.98. The Morgan fingerprint density at radius 3 is 2.50 bits per heavy atom. The predicted octanol–water partition coefficient (Wildman–Crippen LogP) is 4.33. The quantitative estimate of drug-likeness (QED) is 0.588. The highest BCUT2D eigenvalue weighted by Gasteiger charge is 2.38. The van der Waals surface area contributed by atoms with E-state index in [0.717, 1.165) is 22.5 Å². The van der Waals surface area contributed by atoms with E-state index in [0.29, 0.717) is 16.8 Å². The molecule has 3 aromatic rings. The summed E-state index contributed by atoms with van der Waals surface area (Å²) in [5, 5.41) is 15.7. The van der Waals surface area contributed by atoms with Gasteiger partial charge in [-0.2, -0.15) is 31.4 Å². The SMILES string of the molecule is Cc1cc(Nc2nccc(C(F)(F)F)n2)cc(-c2cnn(C[C@H](O)C(F)(F)F)c2)c1. The van der Waals surface area contributed by atoms with Gasteiger partial charge in [0.15, 0.2) is 6.10 Å². The molecule has 2 aromatic heterocycles. The van der Waals surface area contributed by atoms with Crippen LogP contribution in [0.2, 0.25) is 0 Å². The van der Waals surface area contributed by atoms with Gasteiger partial charge in [0.05, 0.1) is 12.7 Å². The minimum atomic E-state index is -4.77. The molecule has 30 heavy (non-hydrogen) atoms. The van der Waals surface area contributed by atoms with Gasteiger partial charge in [-0.25, -0.2) is 9.97 Å². The molecule has 0 saturated carbocycles. The summed E-state index contributed by atoms with van der Waals surface area (Å²) in [5.74, 6) is -0.259. The fraction of sp³-hybridized carbons (Fsp3) is 0.278. The first-order valence-corrected chi connectivity index (χ1v) is 8.48. The highest BCUT2D eigenvalue weighted by molar-refractivity contribution is 5.70. The molecule has 12 heteroatoms. The van der Waals surface area contributed by atoms with Crippen molar-refractivity contribution in [3.05, 3.63) is 54.1 Å². The lowest BCUT2D eigenvalue weighted by Crippen LogP contribution is -2.32. The number of aromatic nitrogens is 4. The van der Waals surface area contributed by atoms with Gasteiger partial charge in [0.1, 0.15) is 5.69 Å². The maximum Gasteiger partial charge on any atom is 0.433 e. The fourth-order valence-corrected chi connectivity index (χ4v) is 2.62. The third kappa shape index (κ3) is 5.26. The average molecular weight is 431 g/mol. The number of aryl methyl sites for hydroxylation is 1. The van der Waals surface area contributed by atoms with Crippen LogP contribution in [0.1, 0.15) is 11.3 Å². The van der Waals surface area contributed by atoms with E-state index in [4.69, 9.17) is 5.11 Å². The van der Waals surface area contributed by atoms with Crippen LogP contribution in [0, 0.1) is 6.92 Å². The summed E-state index contributed by atoms with van der Waals surface area (Å²) in [4.78, 5) is 7.20. The van der Waals surface area contributed by atoms with Crippen molar-refractivity contribution < 1.29 is 31.4 Å². The summed E-state index contributed by atoms with van der Waals surface area (Å²) < 4.78 is 76.9. The molecule has 1 aromatic carbocycles. The number of anilines is 2. The highest BCUT2D eigenvalue weighted by atomic mass is 19.4. The number of rotatable bonds is 5. The second-order valence-corrected chi connectivity index (χ2v) is 6.48. The number of hydrogen-bond acceptors (Lipinski definition) is 5. The smallest absolute Gasteiger partial charge is 0.382 e. The van der Waals surface area contributed by atoms with Crippen molar-refractivity contribution in [1.29, 1.82) is 0 Å². The van der Waals surface area contributed by atoms with Gasteiger partial charge in [-0.05, 0) is 36.2 Å². The van der Waals surface area contributed by atoms with Crippen molar-refractivity contribution in [3.8, 4) is 11.1 Å². The van der Waals surface area contributed by atoms with Crippen LogP contribution in [-0.4, -0.2) is 37.1 Å². The van der Waals surface area contributed by atoms with Gasteiger partial charge in [-0.15, -0.1) is 0 Å². The summed E-state index contributed by atoms with van der Waals surface area (Å²) in [6, 6.07) is 5.68. The Labute approximate surface area is 166 Å². The van der Waals surface area contributed by atoms with E-state index in [1.54, 1.807) is 25.1 Å². The van der Waals surface area contributed by atoms with E-state index in [-0.39, 0.29) is 5.95 Å². The second-order valence-electron chi connectivity index (χ2n) is 6.48. The van der Waals surface area contributed by atoms with Gasteiger partial charge in [0.25, 0.3) is 0 Å². The number of nitrogens with zero attached hydrogens (tertiary/aromatic N) is 4. The molecule has 1 atom stereocenters. The molecule has 0 radical (unpaired) electrons. The summed E-state index contributed by atoms with van der Waals surface area (Å²) in [6.07, 6.45) is -8.32. The molecule has 2 N–H and O–H groups in total. The zero-order chi connectivity index (χ0) is 22.1.